The second kappa shape index (κ2) is 6.28. The maximum Gasteiger partial charge on any atom is 0.335 e. The maximum atomic E-state index is 12.2. The van der Waals surface area contributed by atoms with Gasteiger partial charge in [0.05, 0.1) is 5.56 Å². The summed E-state index contributed by atoms with van der Waals surface area (Å²) in [6.07, 6.45) is 0. The van der Waals surface area contributed by atoms with Crippen LogP contribution in [0.2, 0.25) is 5.02 Å². The number of anilines is 1. The van der Waals surface area contributed by atoms with Crippen molar-refractivity contribution in [1.82, 2.24) is 0 Å². The Morgan fingerprint density at radius 1 is 1.14 bits per heavy atom. The van der Waals surface area contributed by atoms with Gasteiger partial charge in [-0.3, -0.25) is 4.79 Å². The van der Waals surface area contributed by atoms with Crippen molar-refractivity contribution in [2.75, 3.05) is 5.32 Å². The lowest BCUT2D eigenvalue weighted by Gasteiger charge is -2.09. The Morgan fingerprint density at radius 2 is 1.86 bits per heavy atom. The number of aromatic carboxylic acids is 1. The van der Waals surface area contributed by atoms with Gasteiger partial charge in [-0.25, -0.2) is 4.79 Å². The molecule has 0 unspecified atom stereocenters. The zero-order valence-corrected chi connectivity index (χ0v) is 13.3. The molecular weight excluding hydrogens is 358 g/mol. The highest BCUT2D eigenvalue weighted by atomic mass is 79.9. The number of aryl methyl sites for hydroxylation is 1. The molecule has 2 rings (SSSR count). The third-order valence-electron chi connectivity index (χ3n) is 2.85. The number of benzene rings is 2. The summed E-state index contributed by atoms with van der Waals surface area (Å²) in [6, 6.07) is 9.41. The molecule has 21 heavy (non-hydrogen) atoms. The summed E-state index contributed by atoms with van der Waals surface area (Å²) in [7, 11) is 0. The fourth-order valence-corrected chi connectivity index (χ4v) is 2.68. The lowest BCUT2D eigenvalue weighted by molar-refractivity contribution is 0.0696. The van der Waals surface area contributed by atoms with Gasteiger partial charge < -0.3 is 10.4 Å². The topological polar surface area (TPSA) is 66.4 Å². The van der Waals surface area contributed by atoms with Gasteiger partial charge in [0.15, 0.2) is 0 Å². The van der Waals surface area contributed by atoms with E-state index in [1.807, 2.05) is 0 Å². The largest absolute Gasteiger partial charge is 0.478 e. The van der Waals surface area contributed by atoms with Crippen LogP contribution in [0, 0.1) is 6.92 Å². The van der Waals surface area contributed by atoms with Gasteiger partial charge in [0.1, 0.15) is 0 Å². The summed E-state index contributed by atoms with van der Waals surface area (Å²) in [5.41, 5.74) is 1.82. The van der Waals surface area contributed by atoms with Gasteiger partial charge >= 0.3 is 5.97 Å². The Morgan fingerprint density at radius 3 is 2.43 bits per heavy atom. The fourth-order valence-electron chi connectivity index (χ4n) is 1.82. The molecule has 2 aromatic rings. The molecule has 0 heterocycles. The summed E-state index contributed by atoms with van der Waals surface area (Å²) >= 11 is 9.19. The van der Waals surface area contributed by atoms with Gasteiger partial charge in [0, 0.05) is 20.7 Å². The van der Waals surface area contributed by atoms with Crippen LogP contribution >= 0.6 is 27.5 Å². The van der Waals surface area contributed by atoms with Gasteiger partial charge in [-0.05, 0) is 48.9 Å². The number of halogens is 2. The fraction of sp³-hybridized carbons (Fsp3) is 0.0667. The van der Waals surface area contributed by atoms with Crippen LogP contribution in [0.5, 0.6) is 0 Å². The third-order valence-corrected chi connectivity index (χ3v) is 3.52. The number of hydrogen-bond donors (Lipinski definition) is 2. The Labute approximate surface area is 134 Å². The maximum absolute atomic E-state index is 12.2. The van der Waals surface area contributed by atoms with Crippen LogP contribution in [0.1, 0.15) is 26.3 Å². The molecule has 2 aromatic carbocycles. The van der Waals surface area contributed by atoms with E-state index in [-0.39, 0.29) is 11.5 Å². The van der Waals surface area contributed by atoms with Crippen molar-refractivity contribution >= 4 is 45.1 Å². The number of amides is 1. The molecule has 108 valence electrons. The van der Waals surface area contributed by atoms with Crippen LogP contribution in [0.25, 0.3) is 0 Å². The van der Waals surface area contributed by atoms with Crippen molar-refractivity contribution in [2.24, 2.45) is 0 Å². The Bertz CT molecular complexity index is 711. The summed E-state index contributed by atoms with van der Waals surface area (Å²) in [5.74, 6) is -1.32. The van der Waals surface area contributed by atoms with Crippen LogP contribution in [0.4, 0.5) is 5.69 Å². The second-order valence-electron chi connectivity index (χ2n) is 4.45. The van der Waals surface area contributed by atoms with Crippen LogP contribution in [0.15, 0.2) is 40.9 Å². The summed E-state index contributed by atoms with van der Waals surface area (Å²) < 4.78 is 0.707. The van der Waals surface area contributed by atoms with Crippen LogP contribution in [0.3, 0.4) is 0 Å². The van der Waals surface area contributed by atoms with E-state index in [0.717, 1.165) is 0 Å². The molecule has 0 saturated heterocycles. The number of carbonyl (C=O) groups is 2. The van der Waals surface area contributed by atoms with Crippen molar-refractivity contribution in [3.63, 3.8) is 0 Å². The number of carboxylic acids is 1. The SMILES string of the molecule is Cc1cc(C(=O)O)ccc1NC(=O)c1cc(Cl)cc(Br)c1. The predicted molar refractivity (Wildman–Crippen MR) is 85.2 cm³/mol. The normalized spacial score (nSPS) is 10.2. The zero-order valence-electron chi connectivity index (χ0n) is 11.0. The molecular formula is C15H11BrClNO3. The van der Waals surface area contributed by atoms with E-state index in [2.05, 4.69) is 21.2 Å². The van der Waals surface area contributed by atoms with Gasteiger partial charge in [-0.2, -0.15) is 0 Å². The first-order valence-electron chi connectivity index (χ1n) is 5.98. The number of carbonyl (C=O) groups excluding carboxylic acids is 1. The molecule has 6 heteroatoms. The Balaban J connectivity index is 2.25. The van der Waals surface area contributed by atoms with Crippen molar-refractivity contribution in [3.8, 4) is 0 Å². The minimum Gasteiger partial charge on any atom is -0.478 e. The van der Waals surface area contributed by atoms with Crippen molar-refractivity contribution < 1.29 is 14.7 Å². The van der Waals surface area contributed by atoms with Gasteiger partial charge in [0.25, 0.3) is 5.91 Å². The molecule has 1 amide bonds. The second-order valence-corrected chi connectivity index (χ2v) is 5.80. The van der Waals surface area contributed by atoms with Crippen molar-refractivity contribution in [1.29, 1.82) is 0 Å². The highest BCUT2D eigenvalue weighted by Crippen LogP contribution is 2.22. The minimum absolute atomic E-state index is 0.177. The molecule has 0 bridgehead atoms. The summed E-state index contributed by atoms with van der Waals surface area (Å²) in [5, 5.41) is 12.1. The number of carboxylic acid groups (broad SMARTS) is 1. The van der Waals surface area contributed by atoms with Gasteiger partial charge in [-0.15, -0.1) is 0 Å². The molecule has 0 aliphatic carbocycles. The molecule has 2 N–H and O–H groups in total. The highest BCUT2D eigenvalue weighted by molar-refractivity contribution is 9.10. The third kappa shape index (κ3) is 3.83. The standard InChI is InChI=1S/C15H11BrClNO3/c1-8-4-9(15(20)21)2-3-13(8)18-14(19)10-5-11(16)7-12(17)6-10/h2-7H,1H3,(H,18,19)(H,20,21). The molecule has 0 radical (unpaired) electrons. The quantitative estimate of drug-likeness (QED) is 0.846. The van der Waals surface area contributed by atoms with Gasteiger partial charge in [-0.1, -0.05) is 27.5 Å². The van der Waals surface area contributed by atoms with E-state index in [0.29, 0.717) is 26.3 Å². The van der Waals surface area contributed by atoms with Crippen molar-refractivity contribution in [2.45, 2.75) is 6.92 Å². The van der Waals surface area contributed by atoms with E-state index >= 15 is 0 Å². The van der Waals surface area contributed by atoms with Crippen LogP contribution in [-0.2, 0) is 0 Å². The molecule has 4 nitrogen and oxygen atoms in total. The minimum atomic E-state index is -1.00. The smallest absolute Gasteiger partial charge is 0.335 e. The average molecular weight is 369 g/mol. The molecule has 0 fully saturated rings. The first-order valence-corrected chi connectivity index (χ1v) is 7.15. The summed E-state index contributed by atoms with van der Waals surface area (Å²) in [6.45, 7) is 1.73. The van der Waals surface area contributed by atoms with E-state index in [9.17, 15) is 9.59 Å². The zero-order chi connectivity index (χ0) is 15.6. The predicted octanol–water partition coefficient (Wildman–Crippen LogP) is 4.36. The molecule has 0 aliphatic rings. The average Bonchev–Trinajstić information content (AvgIpc) is 2.39. The molecule has 0 atom stereocenters. The molecule has 0 saturated carbocycles. The van der Waals surface area contributed by atoms with Crippen molar-refractivity contribution in [3.05, 3.63) is 62.6 Å². The molecule has 0 aromatic heterocycles. The first kappa shape index (κ1) is 15.5. The Kier molecular flexibility index (Phi) is 4.65. The molecule has 0 aliphatic heterocycles. The van der Waals surface area contributed by atoms with E-state index in [1.165, 1.54) is 12.1 Å². The van der Waals surface area contributed by atoms with E-state index < -0.39 is 5.97 Å². The monoisotopic (exact) mass is 367 g/mol. The molecule has 0 spiro atoms. The van der Waals surface area contributed by atoms with Crippen LogP contribution < -0.4 is 5.32 Å². The number of hydrogen-bond acceptors (Lipinski definition) is 2. The lowest BCUT2D eigenvalue weighted by Crippen LogP contribution is -2.13. The van der Waals surface area contributed by atoms with Gasteiger partial charge in [0.2, 0.25) is 0 Å². The number of rotatable bonds is 3. The number of nitrogens with one attached hydrogen (secondary N) is 1. The first-order chi connectivity index (χ1) is 9.86. The highest BCUT2D eigenvalue weighted by Gasteiger charge is 2.11. The Hall–Kier alpha value is -1.85. The van der Waals surface area contributed by atoms with E-state index in [1.54, 1.807) is 31.2 Å². The lowest BCUT2D eigenvalue weighted by atomic mass is 10.1. The van der Waals surface area contributed by atoms with Crippen LogP contribution in [-0.4, -0.2) is 17.0 Å². The summed E-state index contributed by atoms with van der Waals surface area (Å²) in [4.78, 5) is 23.1. The van der Waals surface area contributed by atoms with E-state index in [4.69, 9.17) is 16.7 Å².